The first-order valence-electron chi connectivity index (χ1n) is 11.2. The van der Waals surface area contributed by atoms with E-state index in [4.69, 9.17) is 9.72 Å². The molecular formula is C24H39N3O2. The highest BCUT2D eigenvalue weighted by atomic mass is 16.5. The topological polar surface area (TPSA) is 47.4 Å². The number of unbranched alkanes of at least 4 members (excludes halogenated alkanes) is 2. The second kappa shape index (κ2) is 10.7. The Morgan fingerprint density at radius 1 is 1.14 bits per heavy atom. The van der Waals surface area contributed by atoms with Gasteiger partial charge in [-0.2, -0.15) is 0 Å². The number of fused-ring (bicyclic) bond motifs is 1. The van der Waals surface area contributed by atoms with Gasteiger partial charge in [0.2, 0.25) is 5.91 Å². The molecule has 29 heavy (non-hydrogen) atoms. The monoisotopic (exact) mass is 401 g/mol. The van der Waals surface area contributed by atoms with E-state index >= 15 is 0 Å². The van der Waals surface area contributed by atoms with E-state index < -0.39 is 0 Å². The van der Waals surface area contributed by atoms with Crippen LogP contribution in [0.4, 0.5) is 0 Å². The van der Waals surface area contributed by atoms with Gasteiger partial charge in [-0.05, 0) is 30.4 Å². The molecule has 5 heteroatoms. The summed E-state index contributed by atoms with van der Waals surface area (Å²) in [5.41, 5.74) is 2.04. The Morgan fingerprint density at radius 2 is 1.79 bits per heavy atom. The molecule has 162 valence electrons. The Hall–Kier alpha value is -2.04. The Morgan fingerprint density at radius 3 is 2.34 bits per heavy atom. The standard InChI is InChI=1S/C24H39N3O2/c1-7-10-14-26(15-11-8-2)23(28)18-27-21-16-19(29-6)12-13-20(21)25-22(27)17-24(4,5)9-3/h12-13,16H,7-11,14-15,17-18H2,1-6H3. The summed E-state index contributed by atoms with van der Waals surface area (Å²) >= 11 is 0. The van der Waals surface area contributed by atoms with E-state index in [9.17, 15) is 4.79 Å². The van der Waals surface area contributed by atoms with Gasteiger partial charge in [0.25, 0.3) is 0 Å². The first kappa shape index (κ1) is 23.2. The number of nitrogens with zero attached hydrogens (tertiary/aromatic N) is 3. The number of benzene rings is 1. The van der Waals surface area contributed by atoms with Gasteiger partial charge in [-0.3, -0.25) is 4.79 Å². The van der Waals surface area contributed by atoms with E-state index in [2.05, 4.69) is 39.2 Å². The summed E-state index contributed by atoms with van der Waals surface area (Å²) in [4.78, 5) is 20.2. The quantitative estimate of drug-likeness (QED) is 0.475. The largest absolute Gasteiger partial charge is 0.497 e. The van der Waals surface area contributed by atoms with E-state index in [1.807, 2.05) is 23.1 Å². The summed E-state index contributed by atoms with van der Waals surface area (Å²) in [6, 6.07) is 5.93. The van der Waals surface area contributed by atoms with E-state index in [1.165, 1.54) is 0 Å². The van der Waals surface area contributed by atoms with E-state index in [0.717, 1.165) is 74.2 Å². The number of imidazole rings is 1. The molecule has 0 radical (unpaired) electrons. The first-order chi connectivity index (χ1) is 13.8. The number of amides is 1. The molecule has 0 saturated heterocycles. The van der Waals surface area contributed by atoms with Crippen LogP contribution in [-0.2, 0) is 17.8 Å². The zero-order chi connectivity index (χ0) is 21.4. The molecule has 0 atom stereocenters. The minimum atomic E-state index is 0.135. The predicted molar refractivity (Wildman–Crippen MR) is 120 cm³/mol. The Bertz CT molecular complexity index is 787. The van der Waals surface area contributed by atoms with Crippen LogP contribution in [0.5, 0.6) is 5.75 Å². The zero-order valence-electron chi connectivity index (χ0n) is 19.3. The maximum atomic E-state index is 13.3. The molecule has 1 aromatic carbocycles. The number of carbonyl (C=O) groups excluding carboxylic acids is 1. The smallest absolute Gasteiger partial charge is 0.242 e. The molecule has 5 nitrogen and oxygen atoms in total. The van der Waals surface area contributed by atoms with E-state index in [0.29, 0.717) is 6.54 Å². The molecule has 1 aromatic heterocycles. The molecule has 0 N–H and O–H groups in total. The second-order valence-electron chi connectivity index (χ2n) is 8.75. The number of ether oxygens (including phenoxy) is 1. The summed E-state index contributed by atoms with van der Waals surface area (Å²) in [7, 11) is 1.67. The predicted octanol–water partition coefficient (Wildman–Crippen LogP) is 5.45. The summed E-state index contributed by atoms with van der Waals surface area (Å²) in [5, 5.41) is 0. The van der Waals surface area contributed by atoms with Gasteiger partial charge in [0.1, 0.15) is 18.1 Å². The normalized spacial score (nSPS) is 11.8. The van der Waals surface area contributed by atoms with Crippen molar-refractivity contribution in [2.24, 2.45) is 5.41 Å². The highest BCUT2D eigenvalue weighted by Gasteiger charge is 2.23. The number of carbonyl (C=O) groups is 1. The van der Waals surface area contributed by atoms with Crippen LogP contribution in [0.1, 0.15) is 72.5 Å². The lowest BCUT2D eigenvalue weighted by molar-refractivity contribution is -0.132. The third-order valence-electron chi connectivity index (χ3n) is 5.84. The van der Waals surface area contributed by atoms with Crippen molar-refractivity contribution in [3.63, 3.8) is 0 Å². The van der Waals surface area contributed by atoms with Crippen LogP contribution in [0.2, 0.25) is 0 Å². The molecule has 2 rings (SSSR count). The number of rotatable bonds is 12. The van der Waals surface area contributed by atoms with Crippen molar-refractivity contribution in [2.75, 3.05) is 20.2 Å². The molecule has 0 unspecified atom stereocenters. The van der Waals surface area contributed by atoms with Crippen LogP contribution >= 0.6 is 0 Å². The van der Waals surface area contributed by atoms with Crippen LogP contribution in [0, 0.1) is 5.41 Å². The average Bonchev–Trinajstić information content (AvgIpc) is 3.03. The fourth-order valence-electron chi connectivity index (χ4n) is 3.44. The molecule has 0 spiro atoms. The third-order valence-corrected chi connectivity index (χ3v) is 5.84. The van der Waals surface area contributed by atoms with Gasteiger partial charge in [-0.15, -0.1) is 0 Å². The minimum Gasteiger partial charge on any atom is -0.497 e. The van der Waals surface area contributed by atoms with Crippen molar-refractivity contribution in [3.05, 3.63) is 24.0 Å². The van der Waals surface area contributed by atoms with Crippen LogP contribution in [0.25, 0.3) is 11.0 Å². The fourth-order valence-corrected chi connectivity index (χ4v) is 3.44. The summed E-state index contributed by atoms with van der Waals surface area (Å²) < 4.78 is 7.54. The van der Waals surface area contributed by atoms with E-state index in [-0.39, 0.29) is 11.3 Å². The van der Waals surface area contributed by atoms with Crippen LogP contribution in [-0.4, -0.2) is 40.6 Å². The van der Waals surface area contributed by atoms with Gasteiger partial charge in [0.05, 0.1) is 18.1 Å². The van der Waals surface area contributed by atoms with Crippen molar-refractivity contribution in [1.82, 2.24) is 14.5 Å². The van der Waals surface area contributed by atoms with Gasteiger partial charge in [-0.25, -0.2) is 4.98 Å². The zero-order valence-corrected chi connectivity index (χ0v) is 19.3. The van der Waals surface area contributed by atoms with Crippen LogP contribution < -0.4 is 4.74 Å². The van der Waals surface area contributed by atoms with Crippen LogP contribution in [0.3, 0.4) is 0 Å². The summed E-state index contributed by atoms with van der Waals surface area (Å²) in [6.45, 7) is 13.1. The third kappa shape index (κ3) is 6.22. The van der Waals surface area contributed by atoms with E-state index in [1.54, 1.807) is 7.11 Å². The molecular weight excluding hydrogens is 362 g/mol. The lowest BCUT2D eigenvalue weighted by Crippen LogP contribution is -2.36. The molecule has 0 aliphatic heterocycles. The maximum Gasteiger partial charge on any atom is 0.242 e. The highest BCUT2D eigenvalue weighted by molar-refractivity contribution is 5.82. The maximum absolute atomic E-state index is 13.3. The molecule has 0 aliphatic carbocycles. The van der Waals surface area contributed by atoms with Gasteiger partial charge in [-0.1, -0.05) is 53.9 Å². The molecule has 0 aliphatic rings. The highest BCUT2D eigenvalue weighted by Crippen LogP contribution is 2.29. The van der Waals surface area contributed by atoms with Crippen molar-refractivity contribution in [2.45, 2.75) is 79.7 Å². The van der Waals surface area contributed by atoms with Gasteiger partial charge in [0, 0.05) is 25.6 Å². The summed E-state index contributed by atoms with van der Waals surface area (Å²) in [6.07, 6.45) is 6.19. The van der Waals surface area contributed by atoms with Crippen molar-refractivity contribution in [3.8, 4) is 5.75 Å². The van der Waals surface area contributed by atoms with Gasteiger partial charge < -0.3 is 14.2 Å². The number of hydrogen-bond acceptors (Lipinski definition) is 3. The molecule has 0 saturated carbocycles. The molecule has 0 bridgehead atoms. The SMILES string of the molecule is CCCCN(CCCC)C(=O)Cn1c(CC(C)(C)CC)nc2ccc(OC)cc21. The van der Waals surface area contributed by atoms with Gasteiger partial charge >= 0.3 is 0 Å². The molecule has 0 fully saturated rings. The van der Waals surface area contributed by atoms with Crippen molar-refractivity contribution in [1.29, 1.82) is 0 Å². The number of methoxy groups -OCH3 is 1. The van der Waals surface area contributed by atoms with Crippen LogP contribution in [0.15, 0.2) is 18.2 Å². The Labute approximate surface area is 176 Å². The molecule has 2 aromatic rings. The van der Waals surface area contributed by atoms with Gasteiger partial charge in [0.15, 0.2) is 0 Å². The lowest BCUT2D eigenvalue weighted by Gasteiger charge is -2.25. The second-order valence-corrected chi connectivity index (χ2v) is 8.75. The summed E-state index contributed by atoms with van der Waals surface area (Å²) in [5.74, 6) is 1.96. The number of hydrogen-bond donors (Lipinski definition) is 0. The van der Waals surface area contributed by atoms with Crippen molar-refractivity contribution < 1.29 is 9.53 Å². The Kier molecular flexibility index (Phi) is 8.54. The Balaban J connectivity index is 2.39. The molecule has 1 amide bonds. The molecule has 1 heterocycles. The lowest BCUT2D eigenvalue weighted by atomic mass is 9.86. The average molecular weight is 402 g/mol. The van der Waals surface area contributed by atoms with Crippen molar-refractivity contribution >= 4 is 16.9 Å². The minimum absolute atomic E-state index is 0.135. The number of aromatic nitrogens is 2. The first-order valence-corrected chi connectivity index (χ1v) is 11.2. The fraction of sp³-hybridized carbons (Fsp3) is 0.667.